The summed E-state index contributed by atoms with van der Waals surface area (Å²) in [5.74, 6) is 8.49. The number of piperidine rings is 2. The Hall–Kier alpha value is -8.19. The van der Waals surface area contributed by atoms with E-state index in [0.29, 0.717) is 84.6 Å². The first-order valence-electron chi connectivity index (χ1n) is 35.7. The number of rotatable bonds is 17. The number of aryl methyl sites for hydroxylation is 4. The van der Waals surface area contributed by atoms with Crippen LogP contribution in [0.5, 0.6) is 17.2 Å². The molecule has 10 heterocycles. The summed E-state index contributed by atoms with van der Waals surface area (Å²) in [5.41, 5.74) is 6.84. The van der Waals surface area contributed by atoms with Gasteiger partial charge in [0.05, 0.1) is 34.4 Å². The third-order valence-electron chi connectivity index (χ3n) is 21.0. The fourth-order valence-corrected chi connectivity index (χ4v) is 13.7. The molecule has 4 aromatic heterocycles. The molecule has 6 saturated heterocycles. The van der Waals surface area contributed by atoms with Gasteiger partial charge in [-0.3, -0.25) is 19.6 Å². The molecule has 0 bridgehead atoms. The lowest BCUT2D eigenvalue weighted by Gasteiger charge is -2.46. The number of hydrogen-bond donors (Lipinski definition) is 0. The first-order chi connectivity index (χ1) is 47.6. The van der Waals surface area contributed by atoms with Crippen LogP contribution in [0.2, 0.25) is 0 Å². The maximum absolute atomic E-state index is 14.3. The summed E-state index contributed by atoms with van der Waals surface area (Å²) in [6, 6.07) is 28.5. The van der Waals surface area contributed by atoms with Gasteiger partial charge in [-0.1, -0.05) is 93.3 Å². The first kappa shape index (κ1) is 82.1. The van der Waals surface area contributed by atoms with Crippen LogP contribution in [0.3, 0.4) is 0 Å². The lowest BCUT2D eigenvalue weighted by atomic mass is 9.85. The van der Waals surface area contributed by atoms with Gasteiger partial charge in [-0.15, -0.1) is 0 Å². The zero-order valence-corrected chi connectivity index (χ0v) is 61.1. The van der Waals surface area contributed by atoms with E-state index in [4.69, 9.17) is 32.3 Å². The maximum Gasteiger partial charge on any atom is 0.266 e. The number of piperazine rings is 2. The summed E-state index contributed by atoms with van der Waals surface area (Å²) >= 11 is 0. The standard InChI is InChI=1S/C22H33N5O2.C21H31N5O.C16H20FN3O2.C16H21N3O2.4CH4/c1-16(2)25-11-13-26(14-12-25)19-7-9-27(10-8-19)22-23-21(29-24-22)18-6-5-17(3)20(15-18)28-4;1-16(2)24-12-14-25(15-13-24)19-8-10-26(11-9-19)21-22-20(27-23-21)18-6-4-17(3)5-7-18;1-10(2)16(17)8-20(9-16)15-18-14(22-19-15)12-6-5-11(3)13(7-12)21-4;1-10(2)13-8-19(9-13)16-17-15(21-18-16)12-6-5-11(3)14(7-12)20-4;;;;/h5-6,15-16,19H,7-14H2,1-4H3;4-7,16,19H,8-15H2,1-3H3;5-7,10H,8-9H2,1-4H3;5-7,10,13H,8-9H2,1-4H3;4*1H4. The van der Waals surface area contributed by atoms with Crippen LogP contribution < -0.4 is 33.8 Å². The molecule has 23 nitrogen and oxygen atoms in total. The van der Waals surface area contributed by atoms with Crippen LogP contribution in [-0.4, -0.2) is 216 Å². The predicted octanol–water partition coefficient (Wildman–Crippen LogP) is 15.0. The fourth-order valence-electron chi connectivity index (χ4n) is 13.7. The Morgan fingerprint density at radius 3 is 1.03 bits per heavy atom. The number of benzene rings is 4. The Kier molecular flexibility index (Phi) is 29.5. The Balaban J connectivity index is 0.000000191. The molecule has 6 fully saturated rings. The van der Waals surface area contributed by atoms with Crippen molar-refractivity contribution in [3.63, 3.8) is 0 Å². The largest absolute Gasteiger partial charge is 0.496 e. The third kappa shape index (κ3) is 20.0. The molecule has 0 N–H and O–H groups in total. The molecule has 4 aromatic carbocycles. The topological polar surface area (TPSA) is 209 Å². The summed E-state index contributed by atoms with van der Waals surface area (Å²) in [4.78, 5) is 37.1. The van der Waals surface area contributed by atoms with Crippen molar-refractivity contribution in [1.82, 2.24) is 60.2 Å². The number of hydrogen-bond acceptors (Lipinski definition) is 23. The van der Waals surface area contributed by atoms with Crippen LogP contribution >= 0.6 is 0 Å². The van der Waals surface area contributed by atoms with Gasteiger partial charge in [-0.25, -0.2) is 4.39 Å². The molecule has 0 saturated carbocycles. The van der Waals surface area contributed by atoms with Gasteiger partial charge in [0.2, 0.25) is 0 Å². The van der Waals surface area contributed by atoms with Crippen LogP contribution in [-0.2, 0) is 0 Å². The van der Waals surface area contributed by atoms with E-state index in [1.807, 2.05) is 101 Å². The van der Waals surface area contributed by atoms with Crippen LogP contribution in [0, 0.1) is 45.4 Å². The normalized spacial score (nSPS) is 17.7. The van der Waals surface area contributed by atoms with E-state index in [2.05, 4.69) is 135 Å². The first-order valence-corrected chi connectivity index (χ1v) is 35.7. The second kappa shape index (κ2) is 37.0. The van der Waals surface area contributed by atoms with Crippen LogP contribution in [0.15, 0.2) is 97.0 Å². The number of methoxy groups -OCH3 is 3. The summed E-state index contributed by atoms with van der Waals surface area (Å²) in [6.07, 6.45) is 4.67. The number of ether oxygens (including phenoxy) is 3. The Morgan fingerprint density at radius 2 is 0.718 bits per heavy atom. The lowest BCUT2D eigenvalue weighted by Crippen LogP contribution is -2.62. The number of nitrogens with zero attached hydrogens (tertiary/aromatic N) is 16. The van der Waals surface area contributed by atoms with Crippen molar-refractivity contribution < 1.29 is 36.7 Å². The SMILES string of the molecule is C.C.C.C.COc1cc(-c2nc(N3CC(C(C)C)C3)no2)ccc1C.COc1cc(-c2nc(N3CC(F)(C(C)C)C3)no2)ccc1C.COc1cc(-c2nc(N3CCC(N4CCN(C(C)C)CC4)CC3)no2)ccc1C.Cc1ccc(-c2nc(N3CCC(N4CCN(C(C)C)CC4)CC3)no2)cc1. The highest BCUT2D eigenvalue weighted by atomic mass is 19.1. The van der Waals surface area contributed by atoms with Gasteiger partial charge in [-0.2, -0.15) is 19.9 Å². The molecule has 8 aromatic rings. The van der Waals surface area contributed by atoms with Crippen molar-refractivity contribution in [1.29, 1.82) is 0 Å². The zero-order valence-electron chi connectivity index (χ0n) is 61.1. The van der Waals surface area contributed by atoms with Gasteiger partial charge in [0.15, 0.2) is 0 Å². The second-order valence-corrected chi connectivity index (χ2v) is 28.7. The minimum absolute atomic E-state index is 0. The Labute approximate surface area is 613 Å². The molecular formula is C79H121FN16O7. The molecule has 0 atom stereocenters. The average Bonchev–Trinajstić information content (AvgIpc) is 1.77. The summed E-state index contributed by atoms with van der Waals surface area (Å²) < 4.78 is 52.1. The molecule has 6 aliphatic rings. The molecule has 14 rings (SSSR count). The monoisotopic (exact) mass is 1420 g/mol. The Bertz CT molecular complexity index is 3830. The Morgan fingerprint density at radius 1 is 0.408 bits per heavy atom. The minimum Gasteiger partial charge on any atom is -0.496 e. The molecule has 0 amide bonds. The molecule has 6 aliphatic heterocycles. The molecule has 0 radical (unpaired) electrons. The third-order valence-corrected chi connectivity index (χ3v) is 21.0. The van der Waals surface area contributed by atoms with Crippen LogP contribution in [0.4, 0.5) is 28.2 Å². The number of alkyl halides is 1. The van der Waals surface area contributed by atoms with E-state index in [9.17, 15) is 4.39 Å². The molecule has 566 valence electrons. The van der Waals surface area contributed by atoms with E-state index in [1.54, 1.807) is 26.2 Å². The van der Waals surface area contributed by atoms with Crippen molar-refractivity contribution in [3.05, 3.63) is 101 Å². The smallest absolute Gasteiger partial charge is 0.266 e. The van der Waals surface area contributed by atoms with E-state index < -0.39 is 5.67 Å². The van der Waals surface area contributed by atoms with E-state index in [1.165, 1.54) is 70.8 Å². The van der Waals surface area contributed by atoms with E-state index in [-0.39, 0.29) is 35.6 Å². The number of aromatic nitrogens is 8. The molecule has 0 spiro atoms. The molecule has 0 unspecified atom stereocenters. The van der Waals surface area contributed by atoms with Gasteiger partial charge in [0.1, 0.15) is 22.9 Å². The average molecular weight is 1430 g/mol. The van der Waals surface area contributed by atoms with Crippen LogP contribution in [0.25, 0.3) is 45.8 Å². The fraction of sp³-hybridized carbons (Fsp3) is 0.595. The summed E-state index contributed by atoms with van der Waals surface area (Å²) in [5, 5.41) is 16.5. The van der Waals surface area contributed by atoms with Gasteiger partial charge in [0.25, 0.3) is 47.4 Å². The maximum atomic E-state index is 14.3. The van der Waals surface area contributed by atoms with Crippen molar-refractivity contribution in [3.8, 4) is 63.1 Å². The van der Waals surface area contributed by atoms with Crippen LogP contribution in [0.1, 0.15) is 133 Å². The molecule has 103 heavy (non-hydrogen) atoms. The van der Waals surface area contributed by atoms with Gasteiger partial charge in [-0.05, 0) is 185 Å². The highest BCUT2D eigenvalue weighted by Crippen LogP contribution is 2.37. The van der Waals surface area contributed by atoms with Crippen molar-refractivity contribution in [2.24, 2.45) is 17.8 Å². The van der Waals surface area contributed by atoms with Crippen molar-refractivity contribution in [2.45, 2.75) is 168 Å². The molecule has 0 aliphatic carbocycles. The summed E-state index contributed by atoms with van der Waals surface area (Å²) in [7, 11) is 4.97. The van der Waals surface area contributed by atoms with E-state index >= 15 is 0 Å². The molecule has 24 heteroatoms. The lowest BCUT2D eigenvalue weighted by molar-refractivity contribution is 0.0638. The highest BCUT2D eigenvalue weighted by molar-refractivity contribution is 5.62. The number of anilines is 4. The van der Waals surface area contributed by atoms with E-state index in [0.717, 1.165) is 120 Å². The minimum atomic E-state index is -1.16. The van der Waals surface area contributed by atoms with Gasteiger partial charge in [0, 0.05) is 138 Å². The zero-order chi connectivity index (χ0) is 70.1. The highest BCUT2D eigenvalue weighted by Gasteiger charge is 2.48. The van der Waals surface area contributed by atoms with Gasteiger partial charge >= 0.3 is 0 Å². The van der Waals surface area contributed by atoms with Crippen molar-refractivity contribution in [2.75, 3.05) is 146 Å². The number of halogens is 1. The second-order valence-electron chi connectivity index (χ2n) is 28.7. The quantitative estimate of drug-likeness (QED) is 0.0830. The van der Waals surface area contributed by atoms with Crippen molar-refractivity contribution >= 4 is 23.8 Å². The van der Waals surface area contributed by atoms with Gasteiger partial charge < -0.3 is 51.9 Å². The predicted molar refractivity (Wildman–Crippen MR) is 413 cm³/mol. The molecular weight excluding hydrogens is 1300 g/mol. The summed E-state index contributed by atoms with van der Waals surface area (Å²) in [6.45, 7) is 41.6.